The summed E-state index contributed by atoms with van der Waals surface area (Å²) in [4.78, 5) is 13.7. The lowest BCUT2D eigenvalue weighted by atomic mass is 9.94. The van der Waals surface area contributed by atoms with Gasteiger partial charge in [0.05, 0.1) is 19.3 Å². The predicted molar refractivity (Wildman–Crippen MR) is 129 cm³/mol. The van der Waals surface area contributed by atoms with Crippen molar-refractivity contribution in [1.82, 2.24) is 9.78 Å². The molecule has 0 aliphatic rings. The molecule has 0 spiro atoms. The van der Waals surface area contributed by atoms with Crippen LogP contribution < -0.4 is 10.3 Å². The predicted octanol–water partition coefficient (Wildman–Crippen LogP) is 5.51. The Balaban J connectivity index is 1.84. The minimum Gasteiger partial charge on any atom is -0.496 e. The molecule has 33 heavy (non-hydrogen) atoms. The van der Waals surface area contributed by atoms with Crippen molar-refractivity contribution in [2.75, 3.05) is 7.11 Å². The Kier molecular flexibility index (Phi) is 6.68. The van der Waals surface area contributed by atoms with Crippen molar-refractivity contribution in [2.45, 2.75) is 33.2 Å². The molecular formula is C28H27FN2O2. The summed E-state index contributed by atoms with van der Waals surface area (Å²) in [5, 5.41) is 4.68. The summed E-state index contributed by atoms with van der Waals surface area (Å²) in [6.07, 6.45) is 1.01. The van der Waals surface area contributed by atoms with Gasteiger partial charge in [-0.05, 0) is 61.6 Å². The first-order valence-corrected chi connectivity index (χ1v) is 11.0. The van der Waals surface area contributed by atoms with Crippen molar-refractivity contribution in [3.8, 4) is 16.9 Å². The molecule has 0 aliphatic heterocycles. The van der Waals surface area contributed by atoms with Crippen LogP contribution in [-0.4, -0.2) is 16.9 Å². The van der Waals surface area contributed by atoms with Crippen molar-refractivity contribution in [3.05, 3.63) is 117 Å². The zero-order valence-electron chi connectivity index (χ0n) is 19.1. The van der Waals surface area contributed by atoms with E-state index < -0.39 is 0 Å². The molecule has 1 heterocycles. The van der Waals surface area contributed by atoms with E-state index in [0.29, 0.717) is 30.7 Å². The SMILES string of the molecule is COc1ccccc1-c1c(C)nn(Cc2ccccc2C)c(=O)c1CCc1cccc(F)c1. The third-order valence-corrected chi connectivity index (χ3v) is 5.94. The highest BCUT2D eigenvalue weighted by molar-refractivity contribution is 5.75. The Morgan fingerprint density at radius 1 is 0.939 bits per heavy atom. The van der Waals surface area contributed by atoms with Gasteiger partial charge < -0.3 is 4.74 Å². The topological polar surface area (TPSA) is 44.1 Å². The second-order valence-corrected chi connectivity index (χ2v) is 8.16. The summed E-state index contributed by atoms with van der Waals surface area (Å²) in [5.41, 5.74) is 5.90. The molecule has 4 aromatic rings. The first-order chi connectivity index (χ1) is 16.0. The normalized spacial score (nSPS) is 10.9. The van der Waals surface area contributed by atoms with Crippen molar-refractivity contribution in [2.24, 2.45) is 0 Å². The summed E-state index contributed by atoms with van der Waals surface area (Å²) in [7, 11) is 1.62. The van der Waals surface area contributed by atoms with Gasteiger partial charge in [0, 0.05) is 16.7 Å². The molecule has 0 saturated carbocycles. The molecule has 0 atom stereocenters. The Morgan fingerprint density at radius 2 is 1.70 bits per heavy atom. The van der Waals surface area contributed by atoms with E-state index >= 15 is 0 Å². The third kappa shape index (κ3) is 4.87. The number of methoxy groups -OCH3 is 1. The summed E-state index contributed by atoms with van der Waals surface area (Å²) in [6, 6.07) is 22.2. The monoisotopic (exact) mass is 442 g/mol. The smallest absolute Gasteiger partial charge is 0.270 e. The second kappa shape index (κ2) is 9.82. The minimum atomic E-state index is -0.277. The fraction of sp³-hybridized carbons (Fsp3) is 0.214. The molecule has 0 bridgehead atoms. The van der Waals surface area contributed by atoms with Crippen LogP contribution in [0.3, 0.4) is 0 Å². The maximum atomic E-state index is 13.7. The Labute approximate surface area is 193 Å². The van der Waals surface area contributed by atoms with Crippen LogP contribution in [0.25, 0.3) is 11.1 Å². The molecule has 168 valence electrons. The molecule has 0 aliphatic carbocycles. The highest BCUT2D eigenvalue weighted by atomic mass is 19.1. The minimum absolute atomic E-state index is 0.138. The summed E-state index contributed by atoms with van der Waals surface area (Å²) >= 11 is 0. The van der Waals surface area contributed by atoms with Crippen LogP contribution in [0.5, 0.6) is 5.75 Å². The zero-order chi connectivity index (χ0) is 23.4. The Bertz CT molecular complexity index is 1340. The maximum Gasteiger partial charge on any atom is 0.270 e. The van der Waals surface area contributed by atoms with Gasteiger partial charge in [-0.3, -0.25) is 4.79 Å². The average molecular weight is 443 g/mol. The number of ether oxygens (including phenoxy) is 1. The molecule has 4 rings (SSSR count). The van der Waals surface area contributed by atoms with E-state index in [1.54, 1.807) is 13.2 Å². The Hall–Kier alpha value is -3.73. The first kappa shape index (κ1) is 22.5. The molecule has 0 N–H and O–H groups in total. The highest BCUT2D eigenvalue weighted by Crippen LogP contribution is 2.33. The van der Waals surface area contributed by atoms with Gasteiger partial charge in [-0.1, -0.05) is 54.6 Å². The molecule has 0 saturated heterocycles. The number of para-hydroxylation sites is 1. The van der Waals surface area contributed by atoms with Gasteiger partial charge in [0.2, 0.25) is 0 Å². The summed E-state index contributed by atoms with van der Waals surface area (Å²) < 4.78 is 20.9. The van der Waals surface area contributed by atoms with E-state index in [9.17, 15) is 9.18 Å². The van der Waals surface area contributed by atoms with Crippen LogP contribution in [-0.2, 0) is 19.4 Å². The van der Waals surface area contributed by atoms with E-state index in [0.717, 1.165) is 33.5 Å². The number of nitrogens with zero attached hydrogens (tertiary/aromatic N) is 2. The number of aromatic nitrogens is 2. The van der Waals surface area contributed by atoms with Crippen LogP contribution in [0.2, 0.25) is 0 Å². The summed E-state index contributed by atoms with van der Waals surface area (Å²) in [5.74, 6) is 0.408. The molecule has 3 aromatic carbocycles. The van der Waals surface area contributed by atoms with Crippen LogP contribution in [0, 0.1) is 19.7 Å². The maximum absolute atomic E-state index is 13.7. The molecule has 0 fully saturated rings. The van der Waals surface area contributed by atoms with Crippen molar-refractivity contribution >= 4 is 0 Å². The van der Waals surface area contributed by atoms with Gasteiger partial charge in [0.15, 0.2) is 0 Å². The van der Waals surface area contributed by atoms with Gasteiger partial charge in [0.25, 0.3) is 5.56 Å². The van der Waals surface area contributed by atoms with Gasteiger partial charge in [-0.25, -0.2) is 9.07 Å². The lowest BCUT2D eigenvalue weighted by Gasteiger charge is -2.18. The number of aryl methyl sites for hydroxylation is 3. The van der Waals surface area contributed by atoms with Gasteiger partial charge in [0.1, 0.15) is 11.6 Å². The van der Waals surface area contributed by atoms with E-state index in [1.807, 2.05) is 68.4 Å². The lowest BCUT2D eigenvalue weighted by molar-refractivity contribution is 0.416. The van der Waals surface area contributed by atoms with Gasteiger partial charge in [-0.2, -0.15) is 5.10 Å². The number of rotatable bonds is 7. The fourth-order valence-corrected chi connectivity index (χ4v) is 4.22. The van der Waals surface area contributed by atoms with Crippen LogP contribution in [0.15, 0.2) is 77.6 Å². The number of hydrogen-bond acceptors (Lipinski definition) is 3. The average Bonchev–Trinajstić information content (AvgIpc) is 2.81. The van der Waals surface area contributed by atoms with E-state index in [-0.39, 0.29) is 11.4 Å². The van der Waals surface area contributed by atoms with Gasteiger partial charge >= 0.3 is 0 Å². The molecule has 5 heteroatoms. The van der Waals surface area contributed by atoms with Crippen LogP contribution in [0.1, 0.15) is 27.9 Å². The van der Waals surface area contributed by atoms with Crippen molar-refractivity contribution in [3.63, 3.8) is 0 Å². The number of hydrogen-bond donors (Lipinski definition) is 0. The van der Waals surface area contributed by atoms with Crippen LogP contribution in [0.4, 0.5) is 4.39 Å². The standard InChI is InChI=1S/C28H27FN2O2/c1-19-9-4-5-11-22(19)18-31-28(32)25(16-15-21-10-8-12-23(29)17-21)27(20(2)30-31)24-13-6-7-14-26(24)33-3/h4-14,17H,15-16,18H2,1-3H3. The highest BCUT2D eigenvalue weighted by Gasteiger charge is 2.20. The third-order valence-electron chi connectivity index (χ3n) is 5.94. The van der Waals surface area contributed by atoms with Crippen LogP contribution >= 0.6 is 0 Å². The first-order valence-electron chi connectivity index (χ1n) is 11.0. The second-order valence-electron chi connectivity index (χ2n) is 8.16. The fourth-order valence-electron chi connectivity index (χ4n) is 4.22. The Morgan fingerprint density at radius 3 is 2.45 bits per heavy atom. The van der Waals surface area contributed by atoms with E-state index in [1.165, 1.54) is 16.8 Å². The van der Waals surface area contributed by atoms with Crippen molar-refractivity contribution < 1.29 is 9.13 Å². The zero-order valence-corrected chi connectivity index (χ0v) is 19.1. The van der Waals surface area contributed by atoms with Crippen molar-refractivity contribution in [1.29, 1.82) is 0 Å². The molecule has 0 radical (unpaired) electrons. The number of benzene rings is 3. The molecule has 1 aromatic heterocycles. The molecule has 0 unspecified atom stereocenters. The van der Waals surface area contributed by atoms with E-state index in [2.05, 4.69) is 5.10 Å². The van der Waals surface area contributed by atoms with E-state index in [4.69, 9.17) is 4.74 Å². The largest absolute Gasteiger partial charge is 0.496 e. The molecule has 4 nitrogen and oxygen atoms in total. The number of halogens is 1. The van der Waals surface area contributed by atoms with Gasteiger partial charge in [-0.15, -0.1) is 0 Å². The lowest BCUT2D eigenvalue weighted by Crippen LogP contribution is -2.29. The molecule has 0 amide bonds. The quantitative estimate of drug-likeness (QED) is 0.379. The summed E-state index contributed by atoms with van der Waals surface area (Å²) in [6.45, 7) is 4.34. The molecular weight excluding hydrogens is 415 g/mol.